The van der Waals surface area contributed by atoms with Gasteiger partial charge in [-0.2, -0.15) is 0 Å². The number of rotatable bonds is 9. The first-order chi connectivity index (χ1) is 9.22. The second-order valence-electron chi connectivity index (χ2n) is 4.95. The van der Waals surface area contributed by atoms with Crippen LogP contribution in [0.3, 0.4) is 0 Å². The van der Waals surface area contributed by atoms with Crippen LogP contribution in [0.5, 0.6) is 0 Å². The Balaban J connectivity index is 2.51. The first-order valence-electron chi connectivity index (χ1n) is 7.30. The third kappa shape index (κ3) is 5.31. The molecule has 0 aliphatic heterocycles. The molecule has 1 rings (SSSR count). The molecule has 108 valence electrons. The largest absolute Gasteiger partial charge is 0.395 e. The molecule has 19 heavy (non-hydrogen) atoms. The zero-order valence-corrected chi connectivity index (χ0v) is 12.1. The molecule has 0 spiro atoms. The molecule has 0 aliphatic rings. The highest BCUT2D eigenvalue weighted by molar-refractivity contribution is 5.17. The molecular formula is C16H27NO2. The van der Waals surface area contributed by atoms with Gasteiger partial charge in [0.25, 0.3) is 0 Å². The minimum atomic E-state index is -0.420. The molecule has 1 aromatic carbocycles. The van der Waals surface area contributed by atoms with Gasteiger partial charge >= 0.3 is 0 Å². The molecular weight excluding hydrogens is 238 g/mol. The van der Waals surface area contributed by atoms with Gasteiger partial charge in [-0.25, -0.2) is 0 Å². The van der Waals surface area contributed by atoms with Gasteiger partial charge in [0.1, 0.15) is 0 Å². The van der Waals surface area contributed by atoms with Crippen LogP contribution in [0, 0.1) is 0 Å². The monoisotopic (exact) mass is 265 g/mol. The van der Waals surface area contributed by atoms with E-state index in [1.54, 1.807) is 0 Å². The summed E-state index contributed by atoms with van der Waals surface area (Å²) in [5.41, 5.74) is 0.969. The Morgan fingerprint density at radius 1 is 1.05 bits per heavy atom. The number of hydrogen-bond donors (Lipinski definition) is 2. The van der Waals surface area contributed by atoms with E-state index < -0.39 is 6.10 Å². The maximum Gasteiger partial charge on any atom is 0.0802 e. The van der Waals surface area contributed by atoms with E-state index in [4.69, 9.17) is 5.11 Å². The topological polar surface area (TPSA) is 43.7 Å². The first-order valence-corrected chi connectivity index (χ1v) is 7.30. The summed E-state index contributed by atoms with van der Waals surface area (Å²) in [6, 6.07) is 10.3. The summed E-state index contributed by atoms with van der Waals surface area (Å²) in [6.07, 6.45) is 2.45. The molecule has 0 aliphatic carbocycles. The Morgan fingerprint density at radius 3 is 2.21 bits per heavy atom. The van der Waals surface area contributed by atoms with Crippen LogP contribution in [0.4, 0.5) is 0 Å². The van der Waals surface area contributed by atoms with Crippen molar-refractivity contribution in [2.75, 3.05) is 19.7 Å². The van der Waals surface area contributed by atoms with Gasteiger partial charge in [0.2, 0.25) is 0 Å². The van der Waals surface area contributed by atoms with Crippen molar-refractivity contribution in [1.82, 2.24) is 4.90 Å². The molecule has 2 N–H and O–H groups in total. The highest BCUT2D eigenvalue weighted by Gasteiger charge is 2.16. The fourth-order valence-electron chi connectivity index (χ4n) is 2.54. The van der Waals surface area contributed by atoms with Gasteiger partial charge in [-0.05, 0) is 24.8 Å². The maximum atomic E-state index is 10.2. The van der Waals surface area contributed by atoms with Gasteiger partial charge in [0.15, 0.2) is 0 Å². The third-order valence-electron chi connectivity index (χ3n) is 3.72. The van der Waals surface area contributed by atoms with E-state index in [9.17, 15) is 5.11 Å². The molecule has 0 saturated heterocycles. The van der Waals surface area contributed by atoms with Gasteiger partial charge in [-0.1, -0.05) is 44.2 Å². The first kappa shape index (κ1) is 16.2. The van der Waals surface area contributed by atoms with Gasteiger partial charge in [-0.3, -0.25) is 4.90 Å². The lowest BCUT2D eigenvalue weighted by molar-refractivity contribution is 0.104. The van der Waals surface area contributed by atoms with Crippen molar-refractivity contribution in [1.29, 1.82) is 0 Å². The standard InChI is InChI=1S/C16H27NO2/c1-3-15(4-2)17(12-13-18)11-10-16(19)14-8-6-5-7-9-14/h5-9,15-16,18-19H,3-4,10-13H2,1-2H3. The van der Waals surface area contributed by atoms with Crippen LogP contribution in [-0.2, 0) is 0 Å². The summed E-state index contributed by atoms with van der Waals surface area (Å²) in [7, 11) is 0. The number of nitrogens with zero attached hydrogens (tertiary/aromatic N) is 1. The van der Waals surface area contributed by atoms with Crippen molar-refractivity contribution >= 4 is 0 Å². The van der Waals surface area contributed by atoms with E-state index >= 15 is 0 Å². The van der Waals surface area contributed by atoms with Crippen molar-refractivity contribution in [3.63, 3.8) is 0 Å². The lowest BCUT2D eigenvalue weighted by Crippen LogP contribution is -2.38. The molecule has 0 saturated carbocycles. The fraction of sp³-hybridized carbons (Fsp3) is 0.625. The minimum Gasteiger partial charge on any atom is -0.395 e. The smallest absolute Gasteiger partial charge is 0.0802 e. The van der Waals surface area contributed by atoms with Crippen LogP contribution in [-0.4, -0.2) is 40.9 Å². The SMILES string of the molecule is CCC(CC)N(CCO)CCC(O)c1ccccc1. The molecule has 0 radical (unpaired) electrons. The van der Waals surface area contributed by atoms with Gasteiger partial charge < -0.3 is 10.2 Å². The van der Waals surface area contributed by atoms with Crippen molar-refractivity contribution in [3.8, 4) is 0 Å². The number of aliphatic hydroxyl groups excluding tert-OH is 2. The Hall–Kier alpha value is -0.900. The van der Waals surface area contributed by atoms with Crippen LogP contribution in [0.2, 0.25) is 0 Å². The summed E-state index contributed by atoms with van der Waals surface area (Å²) in [5.74, 6) is 0. The van der Waals surface area contributed by atoms with Crippen molar-refractivity contribution in [2.24, 2.45) is 0 Å². The predicted octanol–water partition coefficient (Wildman–Crippen LogP) is 2.59. The van der Waals surface area contributed by atoms with E-state index in [-0.39, 0.29) is 6.61 Å². The van der Waals surface area contributed by atoms with Gasteiger partial charge in [-0.15, -0.1) is 0 Å². The molecule has 0 amide bonds. The average molecular weight is 265 g/mol. The van der Waals surface area contributed by atoms with E-state index in [0.717, 1.165) is 24.9 Å². The molecule has 0 bridgehead atoms. The molecule has 3 nitrogen and oxygen atoms in total. The van der Waals surface area contributed by atoms with Crippen molar-refractivity contribution in [2.45, 2.75) is 45.3 Å². The Labute approximate surface area is 116 Å². The normalized spacial score (nSPS) is 13.2. The van der Waals surface area contributed by atoms with Crippen LogP contribution >= 0.6 is 0 Å². The Morgan fingerprint density at radius 2 is 1.68 bits per heavy atom. The summed E-state index contributed by atoms with van der Waals surface area (Å²) in [4.78, 5) is 2.28. The molecule has 1 aromatic rings. The average Bonchev–Trinajstić information content (AvgIpc) is 2.46. The lowest BCUT2D eigenvalue weighted by atomic mass is 10.0. The van der Waals surface area contributed by atoms with Crippen molar-refractivity contribution in [3.05, 3.63) is 35.9 Å². The molecule has 3 heteroatoms. The molecule has 0 fully saturated rings. The van der Waals surface area contributed by atoms with E-state index in [2.05, 4.69) is 18.7 Å². The maximum absolute atomic E-state index is 10.2. The van der Waals surface area contributed by atoms with Gasteiger partial charge in [0.05, 0.1) is 12.7 Å². The summed E-state index contributed by atoms with van der Waals surface area (Å²) in [6.45, 7) is 6.03. The molecule has 1 atom stereocenters. The molecule has 1 unspecified atom stereocenters. The second-order valence-corrected chi connectivity index (χ2v) is 4.95. The highest BCUT2D eigenvalue weighted by Crippen LogP contribution is 2.18. The van der Waals surface area contributed by atoms with E-state index in [1.165, 1.54) is 0 Å². The van der Waals surface area contributed by atoms with Crippen LogP contribution < -0.4 is 0 Å². The number of aliphatic hydroxyl groups is 2. The zero-order valence-electron chi connectivity index (χ0n) is 12.1. The Kier molecular flexibility index (Phi) is 7.72. The lowest BCUT2D eigenvalue weighted by Gasteiger charge is -2.30. The Bertz CT molecular complexity index is 325. The van der Waals surface area contributed by atoms with Crippen LogP contribution in [0.25, 0.3) is 0 Å². The van der Waals surface area contributed by atoms with E-state index in [1.807, 2.05) is 30.3 Å². The highest BCUT2D eigenvalue weighted by atomic mass is 16.3. The zero-order chi connectivity index (χ0) is 14.1. The number of benzene rings is 1. The minimum absolute atomic E-state index is 0.179. The third-order valence-corrected chi connectivity index (χ3v) is 3.72. The number of hydrogen-bond acceptors (Lipinski definition) is 3. The quantitative estimate of drug-likeness (QED) is 0.721. The van der Waals surface area contributed by atoms with Crippen LogP contribution in [0.1, 0.15) is 44.8 Å². The van der Waals surface area contributed by atoms with Crippen molar-refractivity contribution < 1.29 is 10.2 Å². The second kappa shape index (κ2) is 9.08. The van der Waals surface area contributed by atoms with E-state index in [0.29, 0.717) is 19.0 Å². The fourth-order valence-corrected chi connectivity index (χ4v) is 2.54. The van der Waals surface area contributed by atoms with Crippen LogP contribution in [0.15, 0.2) is 30.3 Å². The molecule has 0 heterocycles. The molecule has 0 aromatic heterocycles. The predicted molar refractivity (Wildman–Crippen MR) is 79.0 cm³/mol. The van der Waals surface area contributed by atoms with Gasteiger partial charge in [0, 0.05) is 19.1 Å². The summed E-state index contributed by atoms with van der Waals surface area (Å²) < 4.78 is 0. The summed E-state index contributed by atoms with van der Waals surface area (Å²) in [5, 5.41) is 19.3. The summed E-state index contributed by atoms with van der Waals surface area (Å²) >= 11 is 0.